The first kappa shape index (κ1) is 17.9. The first-order valence-electron chi connectivity index (χ1n) is 3.06. The summed E-state index contributed by atoms with van der Waals surface area (Å²) in [6.45, 7) is 9.20. The molecule has 0 aromatic rings. The fourth-order valence-electron chi connectivity index (χ4n) is 0. The zero-order valence-electron chi connectivity index (χ0n) is 7.44. The van der Waals surface area contributed by atoms with Gasteiger partial charge in [-0.15, -0.1) is 0 Å². The van der Waals surface area contributed by atoms with E-state index in [1.165, 1.54) is 13.8 Å². The number of carboxylic acid groups (broad SMARTS) is 2. The Morgan fingerprint density at radius 1 is 0.923 bits per heavy atom. The van der Waals surface area contributed by atoms with Crippen LogP contribution in [0.1, 0.15) is 13.8 Å². The van der Waals surface area contributed by atoms with E-state index in [9.17, 15) is 9.59 Å². The first-order chi connectivity index (χ1) is 5.29. The maximum absolute atomic E-state index is 9.60. The zero-order valence-corrected chi connectivity index (χ0v) is 8.43. The minimum atomic E-state index is -0.935. The van der Waals surface area contributed by atoms with E-state index < -0.39 is 11.9 Å². The Hall–Kier alpha value is -1.09. The molecule has 0 spiro atoms. The van der Waals surface area contributed by atoms with E-state index >= 15 is 0 Å². The van der Waals surface area contributed by atoms with Crippen LogP contribution < -0.4 is 0 Å². The first-order valence-corrected chi connectivity index (χ1v) is 3.06. The summed E-state index contributed by atoms with van der Waals surface area (Å²) in [6, 6.07) is 0. The molecule has 5 heteroatoms. The molecule has 0 radical (unpaired) electrons. The molecule has 2 N–H and O–H groups in total. The second-order valence-corrected chi connectivity index (χ2v) is 2.17. The van der Waals surface area contributed by atoms with Crippen molar-refractivity contribution in [3.8, 4) is 0 Å². The molecule has 0 bridgehead atoms. The van der Waals surface area contributed by atoms with E-state index in [1.54, 1.807) is 0 Å². The van der Waals surface area contributed by atoms with Gasteiger partial charge in [0.05, 0.1) is 0 Å². The molecule has 0 aliphatic heterocycles. The summed E-state index contributed by atoms with van der Waals surface area (Å²) in [4.78, 5) is 19.2. The van der Waals surface area contributed by atoms with Crippen molar-refractivity contribution in [3.05, 3.63) is 24.3 Å². The van der Waals surface area contributed by atoms with E-state index in [2.05, 4.69) is 13.2 Å². The van der Waals surface area contributed by atoms with Gasteiger partial charge in [-0.25, -0.2) is 9.59 Å². The number of rotatable bonds is 2. The van der Waals surface area contributed by atoms with Crippen LogP contribution in [-0.4, -0.2) is 22.2 Å². The quantitative estimate of drug-likeness (QED) is 0.554. The topological polar surface area (TPSA) is 74.6 Å². The van der Waals surface area contributed by atoms with Crippen molar-refractivity contribution in [2.45, 2.75) is 13.8 Å². The van der Waals surface area contributed by atoms with Crippen LogP contribution >= 0.6 is 0 Å². The summed E-state index contributed by atoms with van der Waals surface area (Å²) < 4.78 is 0. The molecule has 13 heavy (non-hydrogen) atoms. The van der Waals surface area contributed by atoms with Crippen molar-refractivity contribution in [1.29, 1.82) is 0 Å². The number of hydrogen-bond donors (Lipinski definition) is 2. The van der Waals surface area contributed by atoms with Crippen molar-refractivity contribution in [1.82, 2.24) is 0 Å². The van der Waals surface area contributed by atoms with Gasteiger partial charge in [0.25, 0.3) is 0 Å². The van der Waals surface area contributed by atoms with Crippen molar-refractivity contribution < 1.29 is 36.3 Å². The third-order valence-electron chi connectivity index (χ3n) is 0.730. The molecule has 0 fully saturated rings. The molecule has 0 saturated heterocycles. The Morgan fingerprint density at radius 3 is 1.00 bits per heavy atom. The van der Waals surface area contributed by atoms with Crippen LogP contribution in [0, 0.1) is 0 Å². The Morgan fingerprint density at radius 2 is 1.00 bits per heavy atom. The van der Waals surface area contributed by atoms with Crippen LogP contribution in [0.4, 0.5) is 0 Å². The maximum Gasteiger partial charge on any atom is 0.330 e. The van der Waals surface area contributed by atoms with Crippen LogP contribution in [0.2, 0.25) is 0 Å². The zero-order chi connectivity index (χ0) is 10.3. The fraction of sp³-hybridized carbons (Fsp3) is 0.250. The molecule has 0 rings (SSSR count). The Balaban J connectivity index is -0.000000143. The molecule has 0 aliphatic rings. The van der Waals surface area contributed by atoms with Gasteiger partial charge >= 0.3 is 11.9 Å². The average molecular weight is 231 g/mol. The standard InChI is InChI=1S/2C4H6O2.Ni/c2*1-3(2)4(5)6;/h2*1H2,2H3,(H,5,6);. The van der Waals surface area contributed by atoms with Gasteiger partial charge in [0, 0.05) is 27.6 Å². The van der Waals surface area contributed by atoms with E-state index in [1.807, 2.05) is 0 Å². The van der Waals surface area contributed by atoms with Gasteiger partial charge in [-0.05, 0) is 13.8 Å². The summed E-state index contributed by atoms with van der Waals surface area (Å²) in [7, 11) is 0. The summed E-state index contributed by atoms with van der Waals surface area (Å²) in [5.74, 6) is -1.87. The largest absolute Gasteiger partial charge is 0.478 e. The number of aliphatic carboxylic acids is 2. The second kappa shape index (κ2) is 9.01. The van der Waals surface area contributed by atoms with Gasteiger partial charge in [-0.2, -0.15) is 0 Å². The van der Waals surface area contributed by atoms with Crippen LogP contribution in [0.3, 0.4) is 0 Å². The predicted octanol–water partition coefficient (Wildman–Crippen LogP) is 1.29. The minimum absolute atomic E-state index is 0. The average Bonchev–Trinajstić information content (AvgIpc) is 1.88. The van der Waals surface area contributed by atoms with Gasteiger partial charge in [0.2, 0.25) is 0 Å². The van der Waals surface area contributed by atoms with E-state index in [4.69, 9.17) is 10.2 Å². The van der Waals surface area contributed by atoms with Crippen molar-refractivity contribution in [2.75, 3.05) is 0 Å². The minimum Gasteiger partial charge on any atom is -0.478 e. The molecule has 4 nitrogen and oxygen atoms in total. The SMILES string of the molecule is C=C(C)C(=O)O.C=C(C)C(=O)O.[Ni]. The Labute approximate surface area is 86.9 Å². The van der Waals surface area contributed by atoms with Crippen molar-refractivity contribution in [2.24, 2.45) is 0 Å². The molecule has 0 aliphatic carbocycles. The van der Waals surface area contributed by atoms with Crippen LogP contribution in [0.5, 0.6) is 0 Å². The molecule has 0 saturated carbocycles. The summed E-state index contributed by atoms with van der Waals surface area (Å²) in [5.41, 5.74) is 0.352. The smallest absolute Gasteiger partial charge is 0.330 e. The number of carbonyl (C=O) groups is 2. The summed E-state index contributed by atoms with van der Waals surface area (Å²) in [6.07, 6.45) is 0. The van der Waals surface area contributed by atoms with Gasteiger partial charge in [0.1, 0.15) is 0 Å². The van der Waals surface area contributed by atoms with Gasteiger partial charge in [-0.1, -0.05) is 13.2 Å². The predicted molar refractivity (Wildman–Crippen MR) is 44.9 cm³/mol. The molecule has 0 atom stereocenters. The fourth-order valence-corrected chi connectivity index (χ4v) is 0. The summed E-state index contributed by atoms with van der Waals surface area (Å²) in [5, 5.41) is 15.8. The maximum atomic E-state index is 9.60. The Bertz CT molecular complexity index is 172. The third kappa shape index (κ3) is 18.1. The number of carboxylic acids is 2. The van der Waals surface area contributed by atoms with Crippen molar-refractivity contribution in [3.63, 3.8) is 0 Å². The van der Waals surface area contributed by atoms with Crippen molar-refractivity contribution >= 4 is 11.9 Å². The molecule has 0 heterocycles. The molecular formula is C8H12NiO4. The molecule has 0 amide bonds. The number of hydrogen-bond acceptors (Lipinski definition) is 2. The molecular weight excluding hydrogens is 219 g/mol. The van der Waals surface area contributed by atoms with Crippen LogP contribution in [0.15, 0.2) is 24.3 Å². The Kier molecular flexibility index (Phi) is 12.4. The molecule has 78 valence electrons. The third-order valence-corrected chi connectivity index (χ3v) is 0.730. The van der Waals surface area contributed by atoms with Gasteiger partial charge in [-0.3, -0.25) is 0 Å². The second-order valence-electron chi connectivity index (χ2n) is 2.17. The monoisotopic (exact) mass is 230 g/mol. The van der Waals surface area contributed by atoms with Crippen LogP contribution in [0.25, 0.3) is 0 Å². The normalized spacial score (nSPS) is 6.92. The summed E-state index contributed by atoms with van der Waals surface area (Å²) >= 11 is 0. The van der Waals surface area contributed by atoms with Crippen LogP contribution in [-0.2, 0) is 26.1 Å². The van der Waals surface area contributed by atoms with E-state index in [0.717, 1.165) is 0 Å². The molecule has 0 aromatic carbocycles. The van der Waals surface area contributed by atoms with E-state index in [0.29, 0.717) is 0 Å². The molecule has 0 unspecified atom stereocenters. The van der Waals surface area contributed by atoms with E-state index in [-0.39, 0.29) is 27.6 Å². The molecule has 0 aromatic heterocycles. The van der Waals surface area contributed by atoms with Gasteiger partial charge < -0.3 is 10.2 Å². The van der Waals surface area contributed by atoms with Gasteiger partial charge in [0.15, 0.2) is 0 Å².